The number of amides is 1. The Kier molecular flexibility index (Phi) is 2.57. The number of halogens is 1. The van der Waals surface area contributed by atoms with Gasteiger partial charge in [-0.15, -0.1) is 11.8 Å². The molecule has 2 heterocycles. The molecule has 4 nitrogen and oxygen atoms in total. The number of carbonyl (C=O) groups excluding carboxylic acids is 1. The van der Waals surface area contributed by atoms with Gasteiger partial charge in [0.05, 0.1) is 11.8 Å². The van der Waals surface area contributed by atoms with E-state index in [9.17, 15) is 9.59 Å². The Morgan fingerprint density at radius 3 is 2.93 bits per heavy atom. The van der Waals surface area contributed by atoms with E-state index in [1.165, 1.54) is 4.90 Å². The van der Waals surface area contributed by atoms with Crippen LogP contribution in [0.25, 0.3) is 0 Å². The number of carbonyl (C=O) groups is 2. The fourth-order valence-electron chi connectivity index (χ4n) is 1.58. The van der Waals surface area contributed by atoms with Gasteiger partial charge in [0, 0.05) is 11.1 Å². The van der Waals surface area contributed by atoms with Crippen LogP contribution in [0.1, 0.15) is 6.42 Å². The molecule has 76 valence electrons. The average Bonchev–Trinajstić information content (AvgIpc) is 2.15. The molecule has 0 unspecified atom stereocenters. The third kappa shape index (κ3) is 1.37. The van der Waals surface area contributed by atoms with Gasteiger partial charge in [-0.3, -0.25) is 9.69 Å². The number of aliphatic carboxylic acids is 1. The van der Waals surface area contributed by atoms with Crippen LogP contribution in [-0.2, 0) is 9.59 Å². The van der Waals surface area contributed by atoms with Crippen LogP contribution >= 0.6 is 27.7 Å². The van der Waals surface area contributed by atoms with Crippen LogP contribution in [-0.4, -0.2) is 38.3 Å². The van der Waals surface area contributed by atoms with Crippen LogP contribution in [0.2, 0.25) is 0 Å². The van der Waals surface area contributed by atoms with Gasteiger partial charge >= 0.3 is 5.97 Å². The maximum absolute atomic E-state index is 11.2. The smallest absolute Gasteiger partial charge is 0.352 e. The summed E-state index contributed by atoms with van der Waals surface area (Å²) in [5, 5.41) is 9.56. The molecule has 0 radical (unpaired) electrons. The predicted molar refractivity (Wildman–Crippen MR) is 56.2 cm³/mol. The van der Waals surface area contributed by atoms with Gasteiger partial charge in [-0.2, -0.15) is 0 Å². The maximum atomic E-state index is 11.2. The summed E-state index contributed by atoms with van der Waals surface area (Å²) < 4.78 is 0. The number of β-lactam (4-membered cyclic amide) rings is 1. The zero-order valence-corrected chi connectivity index (χ0v) is 9.60. The number of hydrogen-bond donors (Lipinski definition) is 1. The predicted octanol–water partition coefficient (Wildman–Crippen LogP) is 1.03. The van der Waals surface area contributed by atoms with Gasteiger partial charge in [-0.1, -0.05) is 15.9 Å². The number of fused-ring (bicyclic) bond motifs is 1. The van der Waals surface area contributed by atoms with Crippen LogP contribution in [0, 0.1) is 0 Å². The second-order valence-electron chi connectivity index (χ2n) is 3.12. The lowest BCUT2D eigenvalue weighted by atomic mass is 10.1. The zero-order valence-electron chi connectivity index (χ0n) is 7.20. The molecule has 0 aromatic rings. The highest BCUT2D eigenvalue weighted by atomic mass is 79.9. The number of nitrogens with zero attached hydrogens (tertiary/aromatic N) is 1. The highest BCUT2D eigenvalue weighted by Crippen LogP contribution is 2.40. The normalized spacial score (nSPS) is 25.9. The van der Waals surface area contributed by atoms with E-state index in [1.54, 1.807) is 11.8 Å². The zero-order chi connectivity index (χ0) is 10.3. The molecule has 2 aliphatic heterocycles. The summed E-state index contributed by atoms with van der Waals surface area (Å²) in [6.07, 6.45) is 0.469. The first-order valence-electron chi connectivity index (χ1n) is 4.10. The van der Waals surface area contributed by atoms with E-state index in [2.05, 4.69) is 15.9 Å². The molecule has 1 atom stereocenters. The molecule has 0 bridgehead atoms. The second kappa shape index (κ2) is 3.58. The van der Waals surface area contributed by atoms with Crippen LogP contribution in [0.3, 0.4) is 0 Å². The molecule has 14 heavy (non-hydrogen) atoms. The van der Waals surface area contributed by atoms with Crippen molar-refractivity contribution >= 4 is 39.6 Å². The molecule has 2 rings (SSSR count). The third-order valence-corrected chi connectivity index (χ3v) is 4.25. The quantitative estimate of drug-likeness (QED) is 0.605. The minimum Gasteiger partial charge on any atom is -0.477 e. The highest BCUT2D eigenvalue weighted by molar-refractivity contribution is 9.09. The molecular formula is C8H8BrNO3S. The van der Waals surface area contributed by atoms with Crippen molar-refractivity contribution in [2.45, 2.75) is 11.8 Å². The Balaban J connectivity index is 2.37. The van der Waals surface area contributed by atoms with Crippen LogP contribution in [0.5, 0.6) is 0 Å². The van der Waals surface area contributed by atoms with Gasteiger partial charge in [0.25, 0.3) is 0 Å². The maximum Gasteiger partial charge on any atom is 0.352 e. The number of carboxylic acid groups (broad SMARTS) is 1. The fourth-order valence-corrected chi connectivity index (χ4v) is 3.57. The summed E-state index contributed by atoms with van der Waals surface area (Å²) in [5.41, 5.74) is 0.966. The lowest BCUT2D eigenvalue weighted by molar-refractivity contribution is -0.146. The van der Waals surface area contributed by atoms with E-state index >= 15 is 0 Å². The molecular weight excluding hydrogens is 270 g/mol. The van der Waals surface area contributed by atoms with Gasteiger partial charge in [0.1, 0.15) is 5.70 Å². The van der Waals surface area contributed by atoms with E-state index < -0.39 is 5.97 Å². The molecule has 1 fully saturated rings. The molecule has 6 heteroatoms. The summed E-state index contributed by atoms with van der Waals surface area (Å²) in [6.45, 7) is 0. The monoisotopic (exact) mass is 277 g/mol. The Hall–Kier alpha value is -0.490. The summed E-state index contributed by atoms with van der Waals surface area (Å²) >= 11 is 4.86. The summed E-state index contributed by atoms with van der Waals surface area (Å²) in [7, 11) is 0. The van der Waals surface area contributed by atoms with Crippen molar-refractivity contribution in [2.75, 3.05) is 11.1 Å². The van der Waals surface area contributed by atoms with Crippen molar-refractivity contribution in [1.29, 1.82) is 0 Å². The Morgan fingerprint density at radius 2 is 2.43 bits per heavy atom. The van der Waals surface area contributed by atoms with Crippen molar-refractivity contribution in [3.63, 3.8) is 0 Å². The number of rotatable bonds is 2. The summed E-state index contributed by atoms with van der Waals surface area (Å²) in [4.78, 5) is 23.6. The molecule has 0 spiro atoms. The number of carboxylic acids is 1. The number of alkyl halides is 1. The van der Waals surface area contributed by atoms with Crippen molar-refractivity contribution < 1.29 is 14.7 Å². The third-order valence-electron chi connectivity index (χ3n) is 2.30. The minimum absolute atomic E-state index is 0.0522. The average molecular weight is 278 g/mol. The standard InChI is InChI=1S/C8H8BrNO3S/c9-2-4-3-14-6-1-5(11)10(6)7(4)8(12)13/h6H,1-3H2,(H,12,13)/t6-/m1/s1. The second-order valence-corrected chi connectivity index (χ2v) is 4.85. The lowest BCUT2D eigenvalue weighted by Crippen LogP contribution is -2.54. The SMILES string of the molecule is O=C(O)C1=C(CBr)CS[C@@H]2CC(=O)N12. The fraction of sp³-hybridized carbons (Fsp3) is 0.500. The molecule has 2 aliphatic rings. The molecule has 1 amide bonds. The van der Waals surface area contributed by atoms with Crippen molar-refractivity contribution in [2.24, 2.45) is 0 Å². The van der Waals surface area contributed by atoms with Crippen LogP contribution in [0.4, 0.5) is 0 Å². The van der Waals surface area contributed by atoms with Gasteiger partial charge < -0.3 is 5.11 Å². The van der Waals surface area contributed by atoms with Crippen molar-refractivity contribution in [1.82, 2.24) is 4.90 Å². The Labute approximate surface area is 93.5 Å². The van der Waals surface area contributed by atoms with E-state index in [0.29, 0.717) is 17.5 Å². The van der Waals surface area contributed by atoms with E-state index in [0.717, 1.165) is 5.57 Å². The molecule has 0 aromatic carbocycles. The number of thioether (sulfide) groups is 1. The van der Waals surface area contributed by atoms with Gasteiger partial charge in [0.15, 0.2) is 0 Å². The summed E-state index contributed by atoms with van der Waals surface area (Å²) in [5.74, 6) is -0.391. The first-order valence-corrected chi connectivity index (χ1v) is 6.27. The minimum atomic E-state index is -1.00. The molecule has 1 N–H and O–H groups in total. The Bertz CT molecular complexity index is 341. The van der Waals surface area contributed by atoms with E-state index in [4.69, 9.17) is 5.11 Å². The topological polar surface area (TPSA) is 57.6 Å². The first-order chi connectivity index (χ1) is 6.65. The molecule has 0 saturated carbocycles. The highest BCUT2D eigenvalue weighted by Gasteiger charge is 2.44. The van der Waals surface area contributed by atoms with Crippen molar-refractivity contribution in [3.05, 3.63) is 11.3 Å². The lowest BCUT2D eigenvalue weighted by Gasteiger charge is -2.43. The van der Waals surface area contributed by atoms with Crippen molar-refractivity contribution in [3.8, 4) is 0 Å². The Morgan fingerprint density at radius 1 is 1.71 bits per heavy atom. The first kappa shape index (κ1) is 10.0. The van der Waals surface area contributed by atoms with E-state index in [1.807, 2.05) is 0 Å². The molecule has 0 aliphatic carbocycles. The van der Waals surface area contributed by atoms with Gasteiger partial charge in [0.2, 0.25) is 5.91 Å². The van der Waals surface area contributed by atoms with Crippen LogP contribution < -0.4 is 0 Å². The van der Waals surface area contributed by atoms with Gasteiger partial charge in [-0.05, 0) is 5.57 Å². The number of hydrogen-bond acceptors (Lipinski definition) is 3. The summed E-state index contributed by atoms with van der Waals surface area (Å²) in [6, 6.07) is 0. The molecule has 1 saturated heterocycles. The van der Waals surface area contributed by atoms with E-state index in [-0.39, 0.29) is 17.0 Å². The largest absolute Gasteiger partial charge is 0.477 e. The van der Waals surface area contributed by atoms with Crippen LogP contribution in [0.15, 0.2) is 11.3 Å². The molecule has 0 aromatic heterocycles. The van der Waals surface area contributed by atoms with Gasteiger partial charge in [-0.25, -0.2) is 4.79 Å².